The average molecular weight is 280 g/mol. The summed E-state index contributed by atoms with van der Waals surface area (Å²) in [6, 6.07) is 0. The van der Waals surface area contributed by atoms with Gasteiger partial charge in [-0.1, -0.05) is 0 Å². The van der Waals surface area contributed by atoms with E-state index in [9.17, 15) is 0 Å². The Kier molecular flexibility index (Phi) is 2.98. The molecule has 0 aliphatic heterocycles. The summed E-state index contributed by atoms with van der Waals surface area (Å²) in [6.45, 7) is 6.01. The zero-order valence-corrected chi connectivity index (χ0v) is 9.92. The Morgan fingerprint density at radius 3 is 2.42 bits per heavy atom. The molecule has 0 aliphatic rings. The van der Waals surface area contributed by atoms with Crippen molar-refractivity contribution in [1.82, 2.24) is 9.78 Å². The fraction of sp³-hybridized carbons (Fsp3) is 0.625. The van der Waals surface area contributed by atoms with E-state index in [0.29, 0.717) is 0 Å². The van der Waals surface area contributed by atoms with Crippen molar-refractivity contribution in [2.24, 2.45) is 7.05 Å². The van der Waals surface area contributed by atoms with Crippen LogP contribution in [0.25, 0.3) is 0 Å². The molecule has 12 heavy (non-hydrogen) atoms. The third-order valence-electron chi connectivity index (χ3n) is 1.45. The van der Waals surface area contributed by atoms with Gasteiger partial charge < -0.3 is 4.74 Å². The first-order valence-corrected chi connectivity index (χ1v) is 4.96. The molecule has 1 aromatic heterocycles. The number of aromatic nitrogens is 2. The van der Waals surface area contributed by atoms with E-state index in [4.69, 9.17) is 4.74 Å². The molecule has 0 spiro atoms. The van der Waals surface area contributed by atoms with Gasteiger partial charge in [-0.2, -0.15) is 5.10 Å². The number of halogens is 1. The van der Waals surface area contributed by atoms with Crippen LogP contribution >= 0.6 is 22.6 Å². The van der Waals surface area contributed by atoms with Crippen molar-refractivity contribution in [3.05, 3.63) is 9.26 Å². The molecular formula is C8H13IN2O. The zero-order valence-electron chi connectivity index (χ0n) is 7.76. The van der Waals surface area contributed by atoms with Crippen molar-refractivity contribution in [2.75, 3.05) is 0 Å². The predicted octanol–water partition coefficient (Wildman–Crippen LogP) is 2.12. The van der Waals surface area contributed by atoms with Crippen molar-refractivity contribution < 1.29 is 4.74 Å². The van der Waals surface area contributed by atoms with Crippen molar-refractivity contribution in [3.8, 4) is 5.88 Å². The Morgan fingerprint density at radius 2 is 2.08 bits per heavy atom. The van der Waals surface area contributed by atoms with E-state index in [1.807, 2.05) is 27.8 Å². The molecule has 0 fully saturated rings. The predicted molar refractivity (Wildman–Crippen MR) is 56.4 cm³/mol. The topological polar surface area (TPSA) is 27.1 Å². The van der Waals surface area contributed by atoms with Crippen LogP contribution in [0.3, 0.4) is 0 Å². The Balaban J connectivity index is 2.97. The maximum atomic E-state index is 5.59. The highest BCUT2D eigenvalue weighted by Gasteiger charge is 2.12. The van der Waals surface area contributed by atoms with Gasteiger partial charge in [-0.25, -0.2) is 4.68 Å². The molecule has 1 heterocycles. The fourth-order valence-corrected chi connectivity index (χ4v) is 1.55. The number of nitrogens with zero attached hydrogens (tertiary/aromatic N) is 2. The monoisotopic (exact) mass is 280 g/mol. The van der Waals surface area contributed by atoms with Crippen molar-refractivity contribution in [2.45, 2.75) is 26.9 Å². The second-order valence-corrected chi connectivity index (χ2v) is 4.07. The summed E-state index contributed by atoms with van der Waals surface area (Å²) in [7, 11) is 1.90. The first-order valence-electron chi connectivity index (χ1n) is 3.88. The molecule has 0 atom stereocenters. The van der Waals surface area contributed by atoms with Gasteiger partial charge in [0.15, 0.2) is 0 Å². The Morgan fingerprint density at radius 1 is 1.50 bits per heavy atom. The van der Waals surface area contributed by atoms with E-state index in [0.717, 1.165) is 15.1 Å². The molecule has 1 rings (SSSR count). The molecule has 0 bridgehead atoms. The van der Waals surface area contributed by atoms with Gasteiger partial charge in [0.25, 0.3) is 0 Å². The molecule has 0 amide bonds. The van der Waals surface area contributed by atoms with E-state index in [1.165, 1.54) is 0 Å². The lowest BCUT2D eigenvalue weighted by Gasteiger charge is -2.09. The molecule has 1 aromatic rings. The van der Waals surface area contributed by atoms with Crippen LogP contribution < -0.4 is 4.74 Å². The van der Waals surface area contributed by atoms with Crippen LogP contribution in [0, 0.1) is 10.5 Å². The molecule has 0 N–H and O–H groups in total. The van der Waals surface area contributed by atoms with Crippen molar-refractivity contribution >= 4 is 22.6 Å². The average Bonchev–Trinajstić information content (AvgIpc) is 2.16. The first-order chi connectivity index (χ1) is 5.52. The standard InChI is InChI=1S/C8H13IN2O/c1-5(2)12-8-7(9)6(3)10-11(8)4/h5H,1-4H3. The van der Waals surface area contributed by atoms with E-state index < -0.39 is 0 Å². The van der Waals surface area contributed by atoms with Gasteiger partial charge in [0.05, 0.1) is 15.4 Å². The van der Waals surface area contributed by atoms with Crippen LogP contribution in [-0.2, 0) is 7.05 Å². The zero-order chi connectivity index (χ0) is 9.30. The number of hydrogen-bond donors (Lipinski definition) is 0. The van der Waals surface area contributed by atoms with E-state index in [-0.39, 0.29) is 6.10 Å². The van der Waals surface area contributed by atoms with Gasteiger partial charge in [-0.15, -0.1) is 0 Å². The molecule has 4 heteroatoms. The molecule has 0 saturated heterocycles. The minimum atomic E-state index is 0.202. The molecule has 3 nitrogen and oxygen atoms in total. The number of aryl methyl sites for hydroxylation is 2. The van der Waals surface area contributed by atoms with Gasteiger partial charge in [0.1, 0.15) is 0 Å². The number of ether oxygens (including phenoxy) is 1. The molecule has 0 aromatic carbocycles. The lowest BCUT2D eigenvalue weighted by Crippen LogP contribution is -2.09. The maximum Gasteiger partial charge on any atom is 0.225 e. The second-order valence-electron chi connectivity index (χ2n) is 2.99. The van der Waals surface area contributed by atoms with Crippen LogP contribution in [-0.4, -0.2) is 15.9 Å². The van der Waals surface area contributed by atoms with Gasteiger partial charge in [-0.05, 0) is 43.4 Å². The maximum absolute atomic E-state index is 5.59. The lowest BCUT2D eigenvalue weighted by atomic mass is 10.4. The minimum absolute atomic E-state index is 0.202. The largest absolute Gasteiger partial charge is 0.474 e. The van der Waals surface area contributed by atoms with Crippen LogP contribution in [0.2, 0.25) is 0 Å². The third-order valence-corrected chi connectivity index (χ3v) is 2.69. The van der Waals surface area contributed by atoms with Gasteiger partial charge in [0.2, 0.25) is 5.88 Å². The summed E-state index contributed by atoms with van der Waals surface area (Å²) in [4.78, 5) is 0. The van der Waals surface area contributed by atoms with Crippen LogP contribution in [0.15, 0.2) is 0 Å². The highest BCUT2D eigenvalue weighted by Crippen LogP contribution is 2.23. The normalized spacial score (nSPS) is 10.8. The van der Waals surface area contributed by atoms with Crippen LogP contribution in [0.4, 0.5) is 0 Å². The Hall–Kier alpha value is -0.260. The molecule has 0 aliphatic carbocycles. The molecule has 68 valence electrons. The first kappa shape index (κ1) is 9.83. The second kappa shape index (κ2) is 3.64. The van der Waals surface area contributed by atoms with Gasteiger partial charge in [0, 0.05) is 7.05 Å². The summed E-state index contributed by atoms with van der Waals surface area (Å²) < 4.78 is 8.47. The Bertz CT molecular complexity index is 281. The van der Waals surface area contributed by atoms with Crippen LogP contribution in [0.1, 0.15) is 19.5 Å². The minimum Gasteiger partial charge on any atom is -0.474 e. The van der Waals surface area contributed by atoms with E-state index in [2.05, 4.69) is 27.7 Å². The highest BCUT2D eigenvalue weighted by atomic mass is 127. The SMILES string of the molecule is Cc1nn(C)c(OC(C)C)c1I. The molecule has 0 radical (unpaired) electrons. The third kappa shape index (κ3) is 1.91. The molecular weight excluding hydrogens is 267 g/mol. The Labute approximate surface area is 86.2 Å². The molecule has 0 saturated carbocycles. The summed E-state index contributed by atoms with van der Waals surface area (Å²) in [5, 5.41) is 4.25. The van der Waals surface area contributed by atoms with Gasteiger partial charge >= 0.3 is 0 Å². The molecule has 0 unspecified atom stereocenters. The fourth-order valence-electron chi connectivity index (χ4n) is 0.962. The summed E-state index contributed by atoms with van der Waals surface area (Å²) in [5.41, 5.74) is 1.02. The van der Waals surface area contributed by atoms with Crippen molar-refractivity contribution in [1.29, 1.82) is 0 Å². The number of hydrogen-bond acceptors (Lipinski definition) is 2. The van der Waals surface area contributed by atoms with Gasteiger partial charge in [-0.3, -0.25) is 0 Å². The van der Waals surface area contributed by atoms with Crippen molar-refractivity contribution in [3.63, 3.8) is 0 Å². The van der Waals surface area contributed by atoms with E-state index >= 15 is 0 Å². The summed E-state index contributed by atoms with van der Waals surface area (Å²) in [6.07, 6.45) is 0.202. The lowest BCUT2D eigenvalue weighted by molar-refractivity contribution is 0.220. The number of rotatable bonds is 2. The summed E-state index contributed by atoms with van der Waals surface area (Å²) in [5.74, 6) is 0.864. The summed E-state index contributed by atoms with van der Waals surface area (Å²) >= 11 is 2.25. The quantitative estimate of drug-likeness (QED) is 0.776. The van der Waals surface area contributed by atoms with Crippen LogP contribution in [0.5, 0.6) is 5.88 Å². The van der Waals surface area contributed by atoms with E-state index in [1.54, 1.807) is 4.68 Å². The smallest absolute Gasteiger partial charge is 0.225 e. The highest BCUT2D eigenvalue weighted by molar-refractivity contribution is 14.1.